The van der Waals surface area contributed by atoms with Crippen LogP contribution in [0.4, 0.5) is 0 Å². The predicted molar refractivity (Wildman–Crippen MR) is 129 cm³/mol. The van der Waals surface area contributed by atoms with E-state index < -0.39 is 0 Å². The molecule has 1 aliphatic rings. The molecule has 1 saturated heterocycles. The molecule has 1 aliphatic heterocycles. The van der Waals surface area contributed by atoms with Crippen LogP contribution in [0.15, 0.2) is 65.8 Å². The number of thioether (sulfide) groups is 1. The fraction of sp³-hybridized carbons (Fsp3) is 0.400. The standard InChI is InChI=1S/C25H31N5OS/c1-3-30-23(18-21-10-6-4-7-11-21)26-27-25(30)32-20(2)24(31)29-16-14-28(15-17-29)19-22-12-8-5-9-13-22/h4-13,20H,3,14-19H2,1-2H3. The molecule has 6 nitrogen and oxygen atoms in total. The lowest BCUT2D eigenvalue weighted by Gasteiger charge is -2.35. The molecule has 1 fully saturated rings. The van der Waals surface area contributed by atoms with Gasteiger partial charge in [0.25, 0.3) is 0 Å². The van der Waals surface area contributed by atoms with E-state index in [-0.39, 0.29) is 11.2 Å². The van der Waals surface area contributed by atoms with E-state index in [1.165, 1.54) is 22.9 Å². The van der Waals surface area contributed by atoms with Gasteiger partial charge in [0, 0.05) is 45.7 Å². The van der Waals surface area contributed by atoms with Gasteiger partial charge in [-0.3, -0.25) is 9.69 Å². The first kappa shape index (κ1) is 22.6. The molecule has 2 heterocycles. The van der Waals surface area contributed by atoms with Crippen LogP contribution in [0.5, 0.6) is 0 Å². The zero-order chi connectivity index (χ0) is 22.3. The van der Waals surface area contributed by atoms with E-state index in [2.05, 4.69) is 63.0 Å². The van der Waals surface area contributed by atoms with E-state index in [4.69, 9.17) is 0 Å². The van der Waals surface area contributed by atoms with Crippen molar-refractivity contribution >= 4 is 17.7 Å². The number of aromatic nitrogens is 3. The third-order valence-electron chi connectivity index (χ3n) is 5.88. The lowest BCUT2D eigenvalue weighted by molar-refractivity contribution is -0.132. The third kappa shape index (κ3) is 5.58. The summed E-state index contributed by atoms with van der Waals surface area (Å²) < 4.78 is 2.12. The monoisotopic (exact) mass is 449 g/mol. The normalized spacial score (nSPS) is 15.6. The van der Waals surface area contributed by atoms with E-state index in [9.17, 15) is 4.79 Å². The molecule has 0 bridgehead atoms. The van der Waals surface area contributed by atoms with Crippen LogP contribution < -0.4 is 0 Å². The van der Waals surface area contributed by atoms with E-state index >= 15 is 0 Å². The average Bonchev–Trinajstić information content (AvgIpc) is 3.21. The molecule has 0 saturated carbocycles. The molecule has 32 heavy (non-hydrogen) atoms. The number of hydrogen-bond donors (Lipinski definition) is 0. The maximum Gasteiger partial charge on any atom is 0.235 e. The van der Waals surface area contributed by atoms with Crippen LogP contribution in [0.2, 0.25) is 0 Å². The molecule has 0 spiro atoms. The molecule has 0 N–H and O–H groups in total. The first-order valence-electron chi connectivity index (χ1n) is 11.3. The predicted octanol–water partition coefficient (Wildman–Crippen LogP) is 3.71. The van der Waals surface area contributed by atoms with Gasteiger partial charge in [-0.25, -0.2) is 0 Å². The molecule has 3 aromatic rings. The van der Waals surface area contributed by atoms with Crippen LogP contribution in [0.25, 0.3) is 0 Å². The zero-order valence-electron chi connectivity index (χ0n) is 18.9. The van der Waals surface area contributed by atoms with Gasteiger partial charge in [0.1, 0.15) is 5.82 Å². The van der Waals surface area contributed by atoms with Crippen molar-refractivity contribution in [2.75, 3.05) is 26.2 Å². The lowest BCUT2D eigenvalue weighted by Crippen LogP contribution is -2.50. The van der Waals surface area contributed by atoms with Crippen molar-refractivity contribution in [2.45, 2.75) is 43.8 Å². The van der Waals surface area contributed by atoms with Crippen molar-refractivity contribution in [1.29, 1.82) is 0 Å². The number of amides is 1. The Labute approximate surface area is 194 Å². The molecule has 1 amide bonds. The molecule has 1 atom stereocenters. The highest BCUT2D eigenvalue weighted by Crippen LogP contribution is 2.25. The molecule has 0 radical (unpaired) electrons. The highest BCUT2D eigenvalue weighted by Gasteiger charge is 2.27. The quantitative estimate of drug-likeness (QED) is 0.491. The first-order valence-corrected chi connectivity index (χ1v) is 12.2. The number of hydrogen-bond acceptors (Lipinski definition) is 5. The molecular weight excluding hydrogens is 418 g/mol. The van der Waals surface area contributed by atoms with Crippen molar-refractivity contribution in [3.63, 3.8) is 0 Å². The second-order valence-electron chi connectivity index (χ2n) is 8.15. The Bertz CT molecular complexity index is 1000. The van der Waals surface area contributed by atoms with Crippen LogP contribution in [-0.2, 0) is 24.3 Å². The molecule has 168 valence electrons. The van der Waals surface area contributed by atoms with Crippen LogP contribution in [0.1, 0.15) is 30.8 Å². The topological polar surface area (TPSA) is 54.3 Å². The smallest absolute Gasteiger partial charge is 0.235 e. The third-order valence-corrected chi connectivity index (χ3v) is 6.95. The minimum Gasteiger partial charge on any atom is -0.339 e. The van der Waals surface area contributed by atoms with Crippen LogP contribution >= 0.6 is 11.8 Å². The van der Waals surface area contributed by atoms with Crippen molar-refractivity contribution in [3.8, 4) is 0 Å². The van der Waals surface area contributed by atoms with Gasteiger partial charge in [-0.1, -0.05) is 72.4 Å². The molecule has 7 heteroatoms. The number of benzene rings is 2. The van der Waals surface area contributed by atoms with Gasteiger partial charge in [0.05, 0.1) is 5.25 Å². The highest BCUT2D eigenvalue weighted by molar-refractivity contribution is 8.00. The Morgan fingerprint density at radius 1 is 0.938 bits per heavy atom. The second-order valence-corrected chi connectivity index (χ2v) is 9.46. The maximum atomic E-state index is 13.1. The maximum absolute atomic E-state index is 13.1. The number of nitrogens with zero attached hydrogens (tertiary/aromatic N) is 5. The minimum atomic E-state index is -0.185. The van der Waals surface area contributed by atoms with Crippen molar-refractivity contribution in [2.24, 2.45) is 0 Å². The van der Waals surface area contributed by atoms with E-state index in [1.807, 2.05) is 36.1 Å². The molecule has 1 unspecified atom stereocenters. The minimum absolute atomic E-state index is 0.185. The van der Waals surface area contributed by atoms with Gasteiger partial charge in [-0.15, -0.1) is 10.2 Å². The Kier molecular flexibility index (Phi) is 7.60. The van der Waals surface area contributed by atoms with Gasteiger partial charge < -0.3 is 9.47 Å². The average molecular weight is 450 g/mol. The fourth-order valence-electron chi connectivity index (χ4n) is 4.07. The largest absolute Gasteiger partial charge is 0.339 e. The van der Waals surface area contributed by atoms with Crippen molar-refractivity contribution < 1.29 is 4.79 Å². The number of piperazine rings is 1. The van der Waals surface area contributed by atoms with Gasteiger partial charge in [0.15, 0.2) is 5.16 Å². The highest BCUT2D eigenvalue weighted by atomic mass is 32.2. The number of rotatable bonds is 8. The van der Waals surface area contributed by atoms with E-state index in [1.54, 1.807) is 0 Å². The second kappa shape index (κ2) is 10.8. The summed E-state index contributed by atoms with van der Waals surface area (Å²) in [7, 11) is 0. The molecule has 1 aromatic heterocycles. The summed E-state index contributed by atoms with van der Waals surface area (Å²) in [6.45, 7) is 9.17. The van der Waals surface area contributed by atoms with Gasteiger partial charge in [-0.2, -0.15) is 0 Å². The van der Waals surface area contributed by atoms with Crippen molar-refractivity contribution in [3.05, 3.63) is 77.6 Å². The SMILES string of the molecule is CCn1c(Cc2ccccc2)nnc1SC(C)C(=O)N1CCN(Cc2ccccc2)CC1. The summed E-state index contributed by atoms with van der Waals surface area (Å²) in [4.78, 5) is 17.5. The summed E-state index contributed by atoms with van der Waals surface area (Å²) in [6, 6.07) is 20.8. The Balaban J connectivity index is 1.32. The number of carbonyl (C=O) groups is 1. The number of carbonyl (C=O) groups excluding carboxylic acids is 1. The van der Waals surface area contributed by atoms with Crippen LogP contribution in [-0.4, -0.2) is 61.9 Å². The van der Waals surface area contributed by atoms with Crippen LogP contribution in [0, 0.1) is 0 Å². The van der Waals surface area contributed by atoms with E-state index in [0.29, 0.717) is 0 Å². The Hall–Kier alpha value is -2.64. The Morgan fingerprint density at radius 3 is 2.19 bits per heavy atom. The molecular formula is C25H31N5OS. The van der Waals surface area contributed by atoms with Gasteiger partial charge >= 0.3 is 0 Å². The van der Waals surface area contributed by atoms with Gasteiger partial charge in [-0.05, 0) is 25.0 Å². The summed E-state index contributed by atoms with van der Waals surface area (Å²) in [5.74, 6) is 1.12. The van der Waals surface area contributed by atoms with Crippen molar-refractivity contribution in [1.82, 2.24) is 24.6 Å². The first-order chi connectivity index (χ1) is 15.6. The fourth-order valence-corrected chi connectivity index (χ4v) is 5.08. The summed E-state index contributed by atoms with van der Waals surface area (Å²) in [5.41, 5.74) is 2.53. The summed E-state index contributed by atoms with van der Waals surface area (Å²) in [6.07, 6.45) is 0.744. The molecule has 0 aliphatic carbocycles. The molecule has 2 aromatic carbocycles. The zero-order valence-corrected chi connectivity index (χ0v) is 19.7. The van der Waals surface area contributed by atoms with E-state index in [0.717, 1.165) is 56.7 Å². The lowest BCUT2D eigenvalue weighted by atomic mass is 10.1. The van der Waals surface area contributed by atoms with Gasteiger partial charge in [0.2, 0.25) is 5.91 Å². The summed E-state index contributed by atoms with van der Waals surface area (Å²) in [5, 5.41) is 9.46. The summed E-state index contributed by atoms with van der Waals surface area (Å²) >= 11 is 1.52. The van der Waals surface area contributed by atoms with Crippen LogP contribution in [0.3, 0.4) is 0 Å². The Morgan fingerprint density at radius 2 is 1.56 bits per heavy atom. The molecule has 4 rings (SSSR count).